The van der Waals surface area contributed by atoms with Crippen LogP contribution in [0.3, 0.4) is 0 Å². The van der Waals surface area contributed by atoms with Crippen LogP contribution >= 0.6 is 0 Å². The van der Waals surface area contributed by atoms with E-state index >= 15 is 0 Å². The number of fused-ring (bicyclic) bond motifs is 1. The molecule has 3 aromatic rings. The standard InChI is InChI=1S/C20H20N2O2/c1-3-17(15-8-11-16(24-2)12-9-15)22-20(23)19-13-10-14-6-4-5-7-18(14)21-19/h4-13,17H,3H2,1-2H3,(H,22,23)/t17-/m0/s1. The number of pyridine rings is 1. The summed E-state index contributed by atoms with van der Waals surface area (Å²) in [6, 6.07) is 19.1. The van der Waals surface area contributed by atoms with Gasteiger partial charge in [-0.2, -0.15) is 0 Å². The van der Waals surface area contributed by atoms with Gasteiger partial charge < -0.3 is 10.1 Å². The number of amides is 1. The Kier molecular flexibility index (Phi) is 4.75. The number of nitrogens with zero attached hydrogens (tertiary/aromatic N) is 1. The summed E-state index contributed by atoms with van der Waals surface area (Å²) in [7, 11) is 1.64. The van der Waals surface area contributed by atoms with Crippen LogP contribution in [0.2, 0.25) is 0 Å². The Balaban J connectivity index is 1.79. The van der Waals surface area contributed by atoms with Gasteiger partial charge in [-0.1, -0.05) is 43.3 Å². The SMILES string of the molecule is CC[C@H](NC(=O)c1ccc2ccccc2n1)c1ccc(OC)cc1. The Labute approximate surface area is 141 Å². The summed E-state index contributed by atoms with van der Waals surface area (Å²) >= 11 is 0. The Morgan fingerprint density at radius 2 is 1.83 bits per heavy atom. The Morgan fingerprint density at radius 1 is 1.08 bits per heavy atom. The Hall–Kier alpha value is -2.88. The van der Waals surface area contributed by atoms with E-state index in [1.807, 2.05) is 61.5 Å². The number of nitrogens with one attached hydrogen (secondary N) is 1. The fraction of sp³-hybridized carbons (Fsp3) is 0.200. The molecule has 0 saturated heterocycles. The van der Waals surface area contributed by atoms with Crippen LogP contribution < -0.4 is 10.1 Å². The number of para-hydroxylation sites is 1. The molecule has 0 aliphatic heterocycles. The number of rotatable bonds is 5. The average Bonchev–Trinajstić information content (AvgIpc) is 2.65. The minimum Gasteiger partial charge on any atom is -0.497 e. The van der Waals surface area contributed by atoms with E-state index in [0.717, 1.165) is 28.6 Å². The summed E-state index contributed by atoms with van der Waals surface area (Å²) in [6.45, 7) is 2.04. The van der Waals surface area contributed by atoms with E-state index in [1.165, 1.54) is 0 Å². The molecule has 0 bridgehead atoms. The highest BCUT2D eigenvalue weighted by Crippen LogP contribution is 2.21. The van der Waals surface area contributed by atoms with Gasteiger partial charge in [0.1, 0.15) is 11.4 Å². The summed E-state index contributed by atoms with van der Waals surface area (Å²) in [4.78, 5) is 17.0. The van der Waals surface area contributed by atoms with Crippen LogP contribution in [0, 0.1) is 0 Å². The molecule has 1 N–H and O–H groups in total. The van der Waals surface area contributed by atoms with E-state index < -0.39 is 0 Å². The molecule has 4 nitrogen and oxygen atoms in total. The third-order valence-corrected chi connectivity index (χ3v) is 4.06. The molecule has 1 aromatic heterocycles. The molecule has 0 aliphatic rings. The van der Waals surface area contributed by atoms with Gasteiger partial charge in [0.25, 0.3) is 5.91 Å². The van der Waals surface area contributed by atoms with Gasteiger partial charge in [-0.05, 0) is 36.2 Å². The van der Waals surface area contributed by atoms with Crippen LogP contribution in [0.1, 0.15) is 35.4 Å². The maximum Gasteiger partial charge on any atom is 0.270 e. The van der Waals surface area contributed by atoms with Crippen LogP contribution in [-0.2, 0) is 0 Å². The number of carbonyl (C=O) groups is 1. The summed E-state index contributed by atoms with van der Waals surface area (Å²) in [5.41, 5.74) is 2.30. The second-order valence-corrected chi connectivity index (χ2v) is 5.60. The third-order valence-electron chi connectivity index (χ3n) is 4.06. The van der Waals surface area contributed by atoms with Crippen LogP contribution in [0.5, 0.6) is 5.75 Å². The number of aromatic nitrogens is 1. The molecule has 0 unspecified atom stereocenters. The molecule has 122 valence electrons. The van der Waals surface area contributed by atoms with E-state index in [1.54, 1.807) is 13.2 Å². The molecule has 0 saturated carbocycles. The number of hydrogen-bond donors (Lipinski definition) is 1. The predicted octanol–water partition coefficient (Wildman–Crippen LogP) is 4.12. The van der Waals surface area contributed by atoms with Crippen molar-refractivity contribution in [2.75, 3.05) is 7.11 Å². The molecule has 0 spiro atoms. The zero-order chi connectivity index (χ0) is 16.9. The molecule has 2 aromatic carbocycles. The van der Waals surface area contributed by atoms with Crippen molar-refractivity contribution >= 4 is 16.8 Å². The van der Waals surface area contributed by atoms with E-state index in [9.17, 15) is 4.79 Å². The Bertz CT molecular complexity index is 844. The van der Waals surface area contributed by atoms with Crippen molar-refractivity contribution in [2.24, 2.45) is 0 Å². The molecule has 4 heteroatoms. The summed E-state index contributed by atoms with van der Waals surface area (Å²) in [6.07, 6.45) is 0.797. The fourth-order valence-electron chi connectivity index (χ4n) is 2.68. The molecule has 1 atom stereocenters. The van der Waals surface area contributed by atoms with Crippen molar-refractivity contribution < 1.29 is 9.53 Å². The molecule has 24 heavy (non-hydrogen) atoms. The van der Waals surface area contributed by atoms with Crippen LogP contribution in [-0.4, -0.2) is 18.0 Å². The maximum absolute atomic E-state index is 12.6. The summed E-state index contributed by atoms with van der Waals surface area (Å²) < 4.78 is 5.18. The summed E-state index contributed by atoms with van der Waals surface area (Å²) in [5.74, 6) is 0.638. The van der Waals surface area contributed by atoms with Crippen LogP contribution in [0.15, 0.2) is 60.7 Å². The highest BCUT2D eigenvalue weighted by atomic mass is 16.5. The van der Waals surface area contributed by atoms with Crippen molar-refractivity contribution in [2.45, 2.75) is 19.4 Å². The molecule has 1 heterocycles. The highest BCUT2D eigenvalue weighted by molar-refractivity contribution is 5.95. The number of methoxy groups -OCH3 is 1. The van der Waals surface area contributed by atoms with Crippen LogP contribution in [0.25, 0.3) is 10.9 Å². The normalized spacial score (nSPS) is 11.9. The lowest BCUT2D eigenvalue weighted by Gasteiger charge is -2.17. The van der Waals surface area contributed by atoms with Gasteiger partial charge in [-0.15, -0.1) is 0 Å². The molecule has 0 fully saturated rings. The van der Waals surface area contributed by atoms with E-state index in [2.05, 4.69) is 10.3 Å². The van der Waals surface area contributed by atoms with Crippen molar-refractivity contribution in [3.8, 4) is 5.75 Å². The van der Waals surface area contributed by atoms with Gasteiger partial charge in [0.15, 0.2) is 0 Å². The molecule has 0 aliphatic carbocycles. The second kappa shape index (κ2) is 7.13. The van der Waals surface area contributed by atoms with Gasteiger partial charge in [0.05, 0.1) is 18.7 Å². The first-order valence-electron chi connectivity index (χ1n) is 8.02. The molecule has 3 rings (SSSR count). The van der Waals surface area contributed by atoms with Gasteiger partial charge in [-0.3, -0.25) is 4.79 Å². The number of carbonyl (C=O) groups excluding carboxylic acids is 1. The topological polar surface area (TPSA) is 51.2 Å². The van der Waals surface area contributed by atoms with E-state index in [0.29, 0.717) is 5.69 Å². The average molecular weight is 320 g/mol. The second-order valence-electron chi connectivity index (χ2n) is 5.60. The minimum atomic E-state index is -0.163. The first-order chi connectivity index (χ1) is 11.7. The molecular weight excluding hydrogens is 300 g/mol. The van der Waals surface area contributed by atoms with Gasteiger partial charge in [0.2, 0.25) is 0 Å². The maximum atomic E-state index is 12.6. The van der Waals surface area contributed by atoms with Gasteiger partial charge >= 0.3 is 0 Å². The smallest absolute Gasteiger partial charge is 0.270 e. The van der Waals surface area contributed by atoms with E-state index in [-0.39, 0.29) is 11.9 Å². The van der Waals surface area contributed by atoms with E-state index in [4.69, 9.17) is 4.74 Å². The quantitative estimate of drug-likeness (QED) is 0.769. The lowest BCUT2D eigenvalue weighted by atomic mass is 10.0. The summed E-state index contributed by atoms with van der Waals surface area (Å²) in [5, 5.41) is 4.08. The van der Waals surface area contributed by atoms with Crippen molar-refractivity contribution in [1.29, 1.82) is 0 Å². The predicted molar refractivity (Wildman–Crippen MR) is 95.2 cm³/mol. The third kappa shape index (κ3) is 3.38. The monoisotopic (exact) mass is 320 g/mol. The zero-order valence-corrected chi connectivity index (χ0v) is 13.8. The lowest BCUT2D eigenvalue weighted by molar-refractivity contribution is 0.0931. The number of hydrogen-bond acceptors (Lipinski definition) is 3. The fourth-order valence-corrected chi connectivity index (χ4v) is 2.68. The van der Waals surface area contributed by atoms with Gasteiger partial charge in [0, 0.05) is 5.39 Å². The zero-order valence-electron chi connectivity index (χ0n) is 13.8. The van der Waals surface area contributed by atoms with Gasteiger partial charge in [-0.25, -0.2) is 4.98 Å². The number of benzene rings is 2. The highest BCUT2D eigenvalue weighted by Gasteiger charge is 2.15. The van der Waals surface area contributed by atoms with Crippen molar-refractivity contribution in [3.05, 3.63) is 71.9 Å². The van der Waals surface area contributed by atoms with Crippen LogP contribution in [0.4, 0.5) is 0 Å². The largest absolute Gasteiger partial charge is 0.497 e. The van der Waals surface area contributed by atoms with Crippen molar-refractivity contribution in [3.63, 3.8) is 0 Å². The molecule has 1 amide bonds. The molecule has 0 radical (unpaired) electrons. The van der Waals surface area contributed by atoms with Crippen molar-refractivity contribution in [1.82, 2.24) is 10.3 Å². The first-order valence-corrected chi connectivity index (χ1v) is 8.02. The number of ether oxygens (including phenoxy) is 1. The molecular formula is C20H20N2O2. The lowest BCUT2D eigenvalue weighted by Crippen LogP contribution is -2.28. The Morgan fingerprint density at radius 3 is 2.54 bits per heavy atom. The minimum absolute atomic E-state index is 0.0586. The first kappa shape index (κ1) is 16.0.